The highest BCUT2D eigenvalue weighted by molar-refractivity contribution is 7.66. The van der Waals surface area contributed by atoms with Crippen LogP contribution in [0.15, 0.2) is 11.0 Å². The van der Waals surface area contributed by atoms with Crippen molar-refractivity contribution in [1.82, 2.24) is 9.55 Å². The lowest BCUT2D eigenvalue weighted by atomic mass is 10.1. The minimum Gasteiger partial charge on any atom is -0.393 e. The Labute approximate surface area is 168 Å². The number of terminal acetylenes is 1. The van der Waals surface area contributed by atoms with E-state index >= 15 is 0 Å². The van der Waals surface area contributed by atoms with Crippen molar-refractivity contribution in [2.45, 2.75) is 25.0 Å². The maximum Gasteiger partial charge on any atom is 0.490 e. The van der Waals surface area contributed by atoms with Gasteiger partial charge in [-0.05, 0) is 12.8 Å². The molecule has 1 fully saturated rings. The van der Waals surface area contributed by atoms with Gasteiger partial charge in [0.15, 0.2) is 0 Å². The minimum atomic E-state index is -5.64. The first kappa shape index (κ1) is 24.9. The number of hydrogen-bond acceptors (Lipinski definition) is 10. The van der Waals surface area contributed by atoms with E-state index in [1.54, 1.807) is 0 Å². The van der Waals surface area contributed by atoms with Gasteiger partial charge in [-0.3, -0.25) is 9.09 Å². The molecule has 7 N–H and O–H groups in total. The molecule has 30 heavy (non-hydrogen) atoms. The van der Waals surface area contributed by atoms with Crippen LogP contribution in [0.1, 0.15) is 24.4 Å². The number of aromatic nitrogens is 2. The van der Waals surface area contributed by atoms with Gasteiger partial charge in [-0.1, -0.05) is 5.92 Å². The number of phosphoric ester groups is 1. The van der Waals surface area contributed by atoms with E-state index in [0.717, 1.165) is 4.57 Å². The topological polar surface area (TPSA) is 241 Å². The summed E-state index contributed by atoms with van der Waals surface area (Å²) in [6.45, 7) is -0.666. The molecule has 2 rings (SSSR count). The molecule has 1 aliphatic carbocycles. The van der Waals surface area contributed by atoms with Crippen LogP contribution in [-0.4, -0.2) is 46.9 Å². The van der Waals surface area contributed by atoms with E-state index in [1.165, 1.54) is 6.20 Å². The number of hydrogen-bond donors (Lipinski definition) is 6. The van der Waals surface area contributed by atoms with Crippen molar-refractivity contribution in [3.05, 3.63) is 22.2 Å². The van der Waals surface area contributed by atoms with Crippen LogP contribution in [0.2, 0.25) is 0 Å². The van der Waals surface area contributed by atoms with Gasteiger partial charge in [0.25, 0.3) is 0 Å². The lowest BCUT2D eigenvalue weighted by molar-refractivity contribution is 0.0834. The van der Waals surface area contributed by atoms with Gasteiger partial charge in [0.2, 0.25) is 0 Å². The van der Waals surface area contributed by atoms with Gasteiger partial charge in [-0.2, -0.15) is 13.6 Å². The Morgan fingerprint density at radius 2 is 1.83 bits per heavy atom. The molecule has 0 saturated heterocycles. The summed E-state index contributed by atoms with van der Waals surface area (Å²) in [5, 5.41) is 10.2. The number of nitrogen functional groups attached to an aromatic ring is 1. The largest absolute Gasteiger partial charge is 0.490 e. The summed E-state index contributed by atoms with van der Waals surface area (Å²) in [6.07, 6.45) is 5.54. The number of aliphatic hydroxyl groups excluding tert-OH is 1. The Morgan fingerprint density at radius 3 is 2.40 bits per heavy atom. The van der Waals surface area contributed by atoms with Gasteiger partial charge in [0.05, 0.1) is 18.3 Å². The number of aliphatic hydroxyl groups is 1. The summed E-state index contributed by atoms with van der Waals surface area (Å²) >= 11 is 0. The van der Waals surface area contributed by atoms with Crippen LogP contribution < -0.4 is 11.4 Å². The Bertz CT molecular complexity index is 1050. The second kappa shape index (κ2) is 9.00. The molecule has 1 heterocycles. The smallest absolute Gasteiger partial charge is 0.393 e. The zero-order valence-electron chi connectivity index (χ0n) is 14.9. The zero-order valence-corrected chi connectivity index (χ0v) is 17.6. The Hall–Kier alpha value is -1.39. The maximum absolute atomic E-state index is 12.0. The molecule has 0 aromatic carbocycles. The quantitative estimate of drug-likeness (QED) is 0.199. The van der Waals surface area contributed by atoms with Crippen LogP contribution in [0.25, 0.3) is 0 Å². The third-order valence-corrected chi connectivity index (χ3v) is 7.83. The van der Waals surface area contributed by atoms with Gasteiger partial charge >= 0.3 is 29.2 Å². The summed E-state index contributed by atoms with van der Waals surface area (Å²) in [4.78, 5) is 51.2. The number of nitrogens with two attached hydrogens (primary N) is 1. The predicted octanol–water partition coefficient (Wildman–Crippen LogP) is -0.538. The van der Waals surface area contributed by atoms with Crippen molar-refractivity contribution in [3.63, 3.8) is 0 Å². The van der Waals surface area contributed by atoms with E-state index in [9.17, 15) is 28.5 Å². The molecule has 18 heteroatoms. The standard InChI is InChI=1S/C12H18N3O12P3/c1-2-7-5-15(12(17)14-11(7)13)9-3-8(10(16)4-9)6-25-29(21,22)27-30(23,24)26-28(18,19)20/h1,5,8-10,16H,3-4,6H2,(H,21,22)(H,23,24)(H2,13,14,17)(H2,18,19,20)/t8-,9-,10?/m1/s1. The fraction of sp³-hybridized carbons (Fsp3) is 0.500. The number of nitrogens with zero attached hydrogens (tertiary/aromatic N) is 2. The van der Waals surface area contributed by atoms with E-state index in [1.807, 2.05) is 0 Å². The second-order valence-electron chi connectivity index (χ2n) is 6.21. The first-order chi connectivity index (χ1) is 13.6. The van der Waals surface area contributed by atoms with E-state index in [0.29, 0.717) is 0 Å². The molecule has 168 valence electrons. The molecule has 3 unspecified atom stereocenters. The number of anilines is 1. The molecule has 0 amide bonds. The van der Waals surface area contributed by atoms with E-state index < -0.39 is 53.8 Å². The maximum atomic E-state index is 12.0. The minimum absolute atomic E-state index is 0.0277. The highest BCUT2D eigenvalue weighted by Crippen LogP contribution is 2.66. The van der Waals surface area contributed by atoms with Crippen LogP contribution in [0.5, 0.6) is 0 Å². The third kappa shape index (κ3) is 6.81. The van der Waals surface area contributed by atoms with Gasteiger partial charge in [-0.25, -0.2) is 18.5 Å². The van der Waals surface area contributed by atoms with Gasteiger partial charge in [-0.15, -0.1) is 6.42 Å². The van der Waals surface area contributed by atoms with E-state index in [4.69, 9.17) is 26.8 Å². The third-order valence-electron chi connectivity index (χ3n) is 4.03. The highest BCUT2D eigenvalue weighted by atomic mass is 31.3. The Balaban J connectivity index is 2.05. The van der Waals surface area contributed by atoms with Crippen molar-refractivity contribution in [2.24, 2.45) is 5.92 Å². The monoisotopic (exact) mass is 489 g/mol. The van der Waals surface area contributed by atoms with Crippen LogP contribution in [0.3, 0.4) is 0 Å². The van der Waals surface area contributed by atoms with Crippen LogP contribution >= 0.6 is 23.5 Å². The summed E-state index contributed by atoms with van der Waals surface area (Å²) in [7, 11) is -16.5. The lowest BCUT2D eigenvalue weighted by Crippen LogP contribution is -2.27. The van der Waals surface area contributed by atoms with Gasteiger partial charge in [0, 0.05) is 18.2 Å². The molecule has 15 nitrogen and oxygen atoms in total. The normalized spacial score (nSPS) is 25.9. The first-order valence-corrected chi connectivity index (χ1v) is 12.5. The van der Waals surface area contributed by atoms with Crippen LogP contribution in [-0.2, 0) is 26.8 Å². The molecule has 0 aliphatic heterocycles. The summed E-state index contributed by atoms with van der Waals surface area (Å²) in [6, 6.07) is -0.609. The molecular formula is C12H18N3O12P3. The molecule has 0 spiro atoms. The molecule has 0 bridgehead atoms. The predicted molar refractivity (Wildman–Crippen MR) is 98.4 cm³/mol. The van der Waals surface area contributed by atoms with Crippen molar-refractivity contribution in [1.29, 1.82) is 0 Å². The van der Waals surface area contributed by atoms with Gasteiger partial charge in [0.1, 0.15) is 5.82 Å². The van der Waals surface area contributed by atoms with E-state index in [-0.39, 0.29) is 24.2 Å². The molecule has 1 aliphatic rings. The molecule has 1 aromatic heterocycles. The lowest BCUT2D eigenvalue weighted by Gasteiger charge is -2.19. The van der Waals surface area contributed by atoms with Crippen LogP contribution in [0.4, 0.5) is 5.82 Å². The fourth-order valence-corrected chi connectivity index (χ4v) is 5.90. The highest BCUT2D eigenvalue weighted by Gasteiger charge is 2.42. The Kier molecular flexibility index (Phi) is 7.46. The second-order valence-corrected chi connectivity index (χ2v) is 10.6. The van der Waals surface area contributed by atoms with Gasteiger partial charge < -0.3 is 30.4 Å². The van der Waals surface area contributed by atoms with Crippen molar-refractivity contribution in [3.8, 4) is 12.3 Å². The zero-order chi connectivity index (χ0) is 22.9. The Morgan fingerprint density at radius 1 is 1.20 bits per heavy atom. The van der Waals surface area contributed by atoms with Crippen molar-refractivity contribution < 1.29 is 51.5 Å². The van der Waals surface area contributed by atoms with Crippen molar-refractivity contribution >= 4 is 29.3 Å². The summed E-state index contributed by atoms with van der Waals surface area (Å²) in [5.41, 5.74) is 4.96. The average Bonchev–Trinajstić information content (AvgIpc) is 2.90. The first-order valence-electron chi connectivity index (χ1n) is 7.94. The van der Waals surface area contributed by atoms with E-state index in [2.05, 4.69) is 24.0 Å². The number of rotatable bonds is 8. The SMILES string of the molecule is C#Cc1cn([C@H]2CC(O)[C@@H](COP(=O)(O)OP(=O)(O)OP(=O)(O)O)C2)c(=O)nc1N. The number of phosphoric acid groups is 3. The molecule has 1 saturated carbocycles. The van der Waals surface area contributed by atoms with Crippen LogP contribution in [0, 0.1) is 18.3 Å². The molecular weight excluding hydrogens is 471 g/mol. The molecule has 5 atom stereocenters. The molecule has 0 radical (unpaired) electrons. The average molecular weight is 489 g/mol. The summed E-state index contributed by atoms with van der Waals surface area (Å²) in [5.74, 6) is 1.29. The molecule has 1 aromatic rings. The summed E-state index contributed by atoms with van der Waals surface area (Å²) < 4.78 is 46.5. The fourth-order valence-electron chi connectivity index (χ4n) is 2.83. The van der Waals surface area contributed by atoms with Crippen molar-refractivity contribution in [2.75, 3.05) is 12.3 Å².